The Bertz CT molecular complexity index is 192. The van der Waals surface area contributed by atoms with Crippen molar-refractivity contribution < 1.29 is 8.78 Å². The van der Waals surface area contributed by atoms with Crippen LogP contribution in [0.25, 0.3) is 0 Å². The minimum Gasteiger partial charge on any atom is -0.202 e. The molecule has 0 bridgehead atoms. The van der Waals surface area contributed by atoms with E-state index in [0.717, 1.165) is 0 Å². The zero-order valence-corrected chi connectivity index (χ0v) is 7.90. The summed E-state index contributed by atoms with van der Waals surface area (Å²) in [7, 11) is 0. The maximum atomic E-state index is 13.0. The van der Waals surface area contributed by atoms with Gasteiger partial charge in [0.25, 0.3) is 5.92 Å². The van der Waals surface area contributed by atoms with Gasteiger partial charge in [-0.2, -0.15) is 0 Å². The second-order valence-corrected chi connectivity index (χ2v) is 4.00. The minimum atomic E-state index is -2.54. The maximum Gasteiger partial charge on any atom is 0.269 e. The molecule has 0 N–H and O–H groups in total. The fourth-order valence-electron chi connectivity index (χ4n) is 1.60. The topological polar surface area (TPSA) is 0 Å². The van der Waals surface area contributed by atoms with E-state index in [-0.39, 0.29) is 12.0 Å². The van der Waals surface area contributed by atoms with Gasteiger partial charge in [-0.05, 0) is 30.8 Å². The minimum absolute atomic E-state index is 0.0260. The van der Waals surface area contributed by atoms with E-state index >= 15 is 0 Å². The Balaban J connectivity index is 2.75. The third-order valence-electron chi connectivity index (χ3n) is 2.69. The molecule has 0 spiro atoms. The predicted octanol–water partition coefficient (Wildman–Crippen LogP) is 3.63. The van der Waals surface area contributed by atoms with Crippen LogP contribution in [0.15, 0.2) is 11.6 Å². The van der Waals surface area contributed by atoms with E-state index in [1.54, 1.807) is 6.08 Å². The average Bonchev–Trinajstić information content (AvgIpc) is 1.94. The predicted molar refractivity (Wildman–Crippen MR) is 46.3 cm³/mol. The Kier molecular flexibility index (Phi) is 2.55. The molecular weight excluding hydrogens is 158 g/mol. The number of hydrogen-bond acceptors (Lipinski definition) is 0. The lowest BCUT2D eigenvalue weighted by Gasteiger charge is -2.28. The summed E-state index contributed by atoms with van der Waals surface area (Å²) in [6.07, 6.45) is 2.40. The van der Waals surface area contributed by atoms with E-state index in [2.05, 4.69) is 13.8 Å². The van der Waals surface area contributed by atoms with Crippen molar-refractivity contribution in [1.29, 1.82) is 0 Å². The molecule has 70 valence electrons. The van der Waals surface area contributed by atoms with Crippen molar-refractivity contribution in [3.05, 3.63) is 11.6 Å². The molecule has 0 amide bonds. The van der Waals surface area contributed by atoms with Gasteiger partial charge in [-0.1, -0.05) is 19.9 Å². The highest BCUT2D eigenvalue weighted by atomic mass is 19.3. The molecule has 0 aliphatic heterocycles. The molecule has 0 nitrogen and oxygen atoms in total. The van der Waals surface area contributed by atoms with Crippen molar-refractivity contribution in [3.8, 4) is 0 Å². The zero-order chi connectivity index (χ0) is 9.35. The number of allylic oxidation sites excluding steroid dienone is 2. The van der Waals surface area contributed by atoms with Gasteiger partial charge in [-0.15, -0.1) is 0 Å². The summed E-state index contributed by atoms with van der Waals surface area (Å²) < 4.78 is 25.9. The van der Waals surface area contributed by atoms with Crippen LogP contribution in [0, 0.1) is 11.8 Å². The molecule has 0 aromatic heterocycles. The molecule has 2 heteroatoms. The van der Waals surface area contributed by atoms with Crippen LogP contribution < -0.4 is 0 Å². The van der Waals surface area contributed by atoms with Gasteiger partial charge in [0.2, 0.25) is 0 Å². The van der Waals surface area contributed by atoms with E-state index in [1.807, 2.05) is 0 Å². The number of halogens is 2. The van der Waals surface area contributed by atoms with Gasteiger partial charge in [-0.25, -0.2) is 8.78 Å². The molecule has 0 aromatic rings. The average molecular weight is 174 g/mol. The maximum absolute atomic E-state index is 13.0. The van der Waals surface area contributed by atoms with E-state index < -0.39 is 5.92 Å². The number of rotatable bonds is 1. The summed E-state index contributed by atoms with van der Waals surface area (Å²) >= 11 is 0. The number of alkyl halides is 2. The van der Waals surface area contributed by atoms with Crippen LogP contribution in [0.2, 0.25) is 0 Å². The van der Waals surface area contributed by atoms with Crippen molar-refractivity contribution in [2.24, 2.45) is 11.8 Å². The fourth-order valence-corrected chi connectivity index (χ4v) is 1.60. The Labute approximate surface area is 72.7 Å². The van der Waals surface area contributed by atoms with Crippen molar-refractivity contribution >= 4 is 0 Å². The SMILES string of the molecule is CC1=CC(C(C)C)CCC1(F)F. The van der Waals surface area contributed by atoms with Crippen LogP contribution in [0.1, 0.15) is 33.6 Å². The number of hydrogen-bond donors (Lipinski definition) is 0. The van der Waals surface area contributed by atoms with Gasteiger partial charge in [-0.3, -0.25) is 0 Å². The molecule has 12 heavy (non-hydrogen) atoms. The summed E-state index contributed by atoms with van der Waals surface area (Å²) in [4.78, 5) is 0. The lowest BCUT2D eigenvalue weighted by atomic mass is 9.82. The third-order valence-corrected chi connectivity index (χ3v) is 2.69. The molecule has 0 radical (unpaired) electrons. The van der Waals surface area contributed by atoms with Crippen molar-refractivity contribution in [1.82, 2.24) is 0 Å². The standard InChI is InChI=1S/C10H16F2/c1-7(2)9-4-5-10(11,12)8(3)6-9/h6-7,9H,4-5H2,1-3H3. The normalized spacial score (nSPS) is 28.8. The highest BCUT2D eigenvalue weighted by Gasteiger charge is 2.36. The lowest BCUT2D eigenvalue weighted by Crippen LogP contribution is -2.25. The quantitative estimate of drug-likeness (QED) is 0.532. The fraction of sp³-hybridized carbons (Fsp3) is 0.800. The largest absolute Gasteiger partial charge is 0.269 e. The van der Waals surface area contributed by atoms with Gasteiger partial charge < -0.3 is 0 Å². The zero-order valence-electron chi connectivity index (χ0n) is 7.90. The second kappa shape index (κ2) is 3.15. The Morgan fingerprint density at radius 2 is 2.08 bits per heavy atom. The first-order valence-electron chi connectivity index (χ1n) is 4.50. The molecular formula is C10H16F2. The Hall–Kier alpha value is -0.400. The molecule has 0 fully saturated rings. The van der Waals surface area contributed by atoms with Crippen LogP contribution in [-0.2, 0) is 0 Å². The van der Waals surface area contributed by atoms with Crippen molar-refractivity contribution in [2.45, 2.75) is 39.5 Å². The van der Waals surface area contributed by atoms with Gasteiger partial charge in [0.1, 0.15) is 0 Å². The van der Waals surface area contributed by atoms with Gasteiger partial charge in [0.05, 0.1) is 0 Å². The van der Waals surface area contributed by atoms with E-state index in [0.29, 0.717) is 18.3 Å². The van der Waals surface area contributed by atoms with Crippen LogP contribution >= 0.6 is 0 Å². The van der Waals surface area contributed by atoms with E-state index in [4.69, 9.17) is 0 Å². The Morgan fingerprint density at radius 3 is 2.50 bits per heavy atom. The van der Waals surface area contributed by atoms with Gasteiger partial charge >= 0.3 is 0 Å². The van der Waals surface area contributed by atoms with Gasteiger partial charge in [0, 0.05) is 6.42 Å². The Morgan fingerprint density at radius 1 is 1.50 bits per heavy atom. The van der Waals surface area contributed by atoms with Crippen LogP contribution in [0.5, 0.6) is 0 Å². The molecule has 0 heterocycles. The monoisotopic (exact) mass is 174 g/mol. The summed E-state index contributed by atoms with van der Waals surface area (Å²) in [5.41, 5.74) is 0.257. The molecule has 0 saturated carbocycles. The molecule has 1 unspecified atom stereocenters. The summed E-state index contributed by atoms with van der Waals surface area (Å²) in [5.74, 6) is -1.70. The molecule has 1 rings (SSSR count). The molecule has 0 saturated heterocycles. The van der Waals surface area contributed by atoms with Gasteiger partial charge in [0.15, 0.2) is 0 Å². The highest BCUT2D eigenvalue weighted by Crippen LogP contribution is 2.38. The lowest BCUT2D eigenvalue weighted by molar-refractivity contribution is 0.0168. The first kappa shape index (κ1) is 9.69. The molecule has 1 aliphatic rings. The third kappa shape index (κ3) is 1.85. The highest BCUT2D eigenvalue weighted by molar-refractivity contribution is 5.15. The smallest absolute Gasteiger partial charge is 0.202 e. The van der Waals surface area contributed by atoms with Crippen LogP contribution in [0.4, 0.5) is 8.78 Å². The second-order valence-electron chi connectivity index (χ2n) is 4.00. The molecule has 1 aliphatic carbocycles. The van der Waals surface area contributed by atoms with Crippen LogP contribution in [0.3, 0.4) is 0 Å². The first-order chi connectivity index (χ1) is 5.43. The first-order valence-corrected chi connectivity index (χ1v) is 4.50. The van der Waals surface area contributed by atoms with Crippen molar-refractivity contribution in [2.75, 3.05) is 0 Å². The summed E-state index contributed by atoms with van der Waals surface area (Å²) in [5, 5.41) is 0. The molecule has 1 atom stereocenters. The van der Waals surface area contributed by atoms with E-state index in [1.165, 1.54) is 6.92 Å². The van der Waals surface area contributed by atoms with E-state index in [9.17, 15) is 8.78 Å². The van der Waals surface area contributed by atoms with Crippen LogP contribution in [-0.4, -0.2) is 5.92 Å². The molecule has 0 aromatic carbocycles. The summed E-state index contributed by atoms with van der Waals surface area (Å²) in [6, 6.07) is 0. The van der Waals surface area contributed by atoms with Crippen molar-refractivity contribution in [3.63, 3.8) is 0 Å². The summed E-state index contributed by atoms with van der Waals surface area (Å²) in [6.45, 7) is 5.70.